The van der Waals surface area contributed by atoms with Crippen molar-refractivity contribution in [2.45, 2.75) is 36.7 Å². The van der Waals surface area contributed by atoms with Gasteiger partial charge in [-0.3, -0.25) is 4.79 Å². The van der Waals surface area contributed by atoms with E-state index in [4.69, 9.17) is 5.73 Å². The molecule has 1 aliphatic heterocycles. The van der Waals surface area contributed by atoms with Gasteiger partial charge in [-0.05, 0) is 45.0 Å². The van der Waals surface area contributed by atoms with Crippen LogP contribution in [-0.4, -0.2) is 44.9 Å². The molecule has 0 bridgehead atoms. The summed E-state index contributed by atoms with van der Waals surface area (Å²) in [6.45, 7) is 2.40. The van der Waals surface area contributed by atoms with Crippen molar-refractivity contribution in [3.63, 3.8) is 0 Å². The summed E-state index contributed by atoms with van der Waals surface area (Å²) >= 11 is 0. The Balaban J connectivity index is 2.33. The Kier molecular flexibility index (Phi) is 4.84. The molecule has 1 heterocycles. The topological polar surface area (TPSA) is 92.5 Å². The van der Waals surface area contributed by atoms with Crippen molar-refractivity contribution in [1.82, 2.24) is 9.62 Å². The SMILES string of the molecule is CNS(=O)(=O)c1cc(C(=O)N2CC[C@@H](N)C[C@H]2C)ccc1F. The highest BCUT2D eigenvalue weighted by Crippen LogP contribution is 2.21. The summed E-state index contributed by atoms with van der Waals surface area (Å²) in [4.78, 5) is 13.7. The van der Waals surface area contributed by atoms with E-state index in [2.05, 4.69) is 0 Å². The van der Waals surface area contributed by atoms with Crippen molar-refractivity contribution in [2.75, 3.05) is 13.6 Å². The summed E-state index contributed by atoms with van der Waals surface area (Å²) in [7, 11) is -2.76. The van der Waals surface area contributed by atoms with Crippen LogP contribution in [0.15, 0.2) is 23.1 Å². The van der Waals surface area contributed by atoms with Crippen LogP contribution in [0.5, 0.6) is 0 Å². The minimum Gasteiger partial charge on any atom is -0.336 e. The van der Waals surface area contributed by atoms with Crippen LogP contribution >= 0.6 is 0 Å². The van der Waals surface area contributed by atoms with Gasteiger partial charge in [-0.25, -0.2) is 17.5 Å². The van der Waals surface area contributed by atoms with Crippen molar-refractivity contribution in [3.8, 4) is 0 Å². The Morgan fingerprint density at radius 2 is 2.14 bits per heavy atom. The average molecular weight is 329 g/mol. The van der Waals surface area contributed by atoms with Gasteiger partial charge >= 0.3 is 0 Å². The first-order chi connectivity index (χ1) is 10.3. The fraction of sp³-hybridized carbons (Fsp3) is 0.500. The molecule has 1 aromatic carbocycles. The van der Waals surface area contributed by atoms with E-state index < -0.39 is 20.7 Å². The Morgan fingerprint density at radius 1 is 1.45 bits per heavy atom. The summed E-state index contributed by atoms with van der Waals surface area (Å²) in [5.41, 5.74) is 6.02. The molecule has 1 amide bonds. The van der Waals surface area contributed by atoms with E-state index in [-0.39, 0.29) is 23.6 Å². The Labute approximate surface area is 129 Å². The van der Waals surface area contributed by atoms with Crippen LogP contribution < -0.4 is 10.5 Å². The number of halogens is 1. The van der Waals surface area contributed by atoms with E-state index in [1.165, 1.54) is 13.1 Å². The van der Waals surface area contributed by atoms with Gasteiger partial charge in [0.25, 0.3) is 5.91 Å². The minimum atomic E-state index is -3.95. The zero-order chi connectivity index (χ0) is 16.5. The van der Waals surface area contributed by atoms with Gasteiger partial charge in [-0.1, -0.05) is 0 Å². The first-order valence-corrected chi connectivity index (χ1v) is 8.54. The third-order valence-electron chi connectivity index (χ3n) is 3.91. The molecule has 0 aliphatic carbocycles. The van der Waals surface area contributed by atoms with Crippen LogP contribution in [0, 0.1) is 5.82 Å². The van der Waals surface area contributed by atoms with Crippen LogP contribution in [0.1, 0.15) is 30.1 Å². The molecular weight excluding hydrogens is 309 g/mol. The highest BCUT2D eigenvalue weighted by Gasteiger charge is 2.29. The quantitative estimate of drug-likeness (QED) is 0.853. The molecule has 0 saturated carbocycles. The summed E-state index contributed by atoms with van der Waals surface area (Å²) in [6.07, 6.45) is 1.38. The normalized spacial score (nSPS) is 22.6. The van der Waals surface area contributed by atoms with Gasteiger partial charge in [0.05, 0.1) is 0 Å². The maximum absolute atomic E-state index is 13.7. The number of hydrogen-bond acceptors (Lipinski definition) is 4. The number of carbonyl (C=O) groups is 1. The highest BCUT2D eigenvalue weighted by molar-refractivity contribution is 7.89. The monoisotopic (exact) mass is 329 g/mol. The van der Waals surface area contributed by atoms with Gasteiger partial charge in [-0.2, -0.15) is 0 Å². The van der Waals surface area contributed by atoms with Crippen molar-refractivity contribution < 1.29 is 17.6 Å². The van der Waals surface area contributed by atoms with E-state index >= 15 is 0 Å². The minimum absolute atomic E-state index is 0.0364. The van der Waals surface area contributed by atoms with Gasteiger partial charge < -0.3 is 10.6 Å². The smallest absolute Gasteiger partial charge is 0.254 e. The van der Waals surface area contributed by atoms with Crippen molar-refractivity contribution in [1.29, 1.82) is 0 Å². The molecule has 1 fully saturated rings. The van der Waals surface area contributed by atoms with Gasteiger partial charge in [0.1, 0.15) is 10.7 Å². The molecule has 2 rings (SSSR count). The summed E-state index contributed by atoms with van der Waals surface area (Å²) < 4.78 is 39.3. The number of amides is 1. The van der Waals surface area contributed by atoms with Gasteiger partial charge in [0, 0.05) is 24.2 Å². The molecule has 3 N–H and O–H groups in total. The van der Waals surface area contributed by atoms with Crippen molar-refractivity contribution in [3.05, 3.63) is 29.6 Å². The predicted molar refractivity (Wildman–Crippen MR) is 80.4 cm³/mol. The number of sulfonamides is 1. The fourth-order valence-corrected chi connectivity index (χ4v) is 3.46. The number of benzene rings is 1. The molecular formula is C14H20FN3O3S. The molecule has 1 saturated heterocycles. The number of carbonyl (C=O) groups excluding carboxylic acids is 1. The number of nitrogens with zero attached hydrogens (tertiary/aromatic N) is 1. The van der Waals surface area contributed by atoms with Crippen LogP contribution in [0.2, 0.25) is 0 Å². The molecule has 1 aliphatic rings. The Morgan fingerprint density at radius 3 is 2.73 bits per heavy atom. The van der Waals surface area contributed by atoms with E-state index in [1.807, 2.05) is 11.6 Å². The Hall–Kier alpha value is -1.51. The maximum Gasteiger partial charge on any atom is 0.254 e. The number of hydrogen-bond donors (Lipinski definition) is 2. The molecule has 2 atom stereocenters. The van der Waals surface area contributed by atoms with Gasteiger partial charge in [0.15, 0.2) is 0 Å². The number of nitrogens with two attached hydrogens (primary N) is 1. The lowest BCUT2D eigenvalue weighted by Crippen LogP contribution is -2.48. The number of likely N-dealkylation sites (tertiary alicyclic amines) is 1. The number of rotatable bonds is 3. The fourth-order valence-electron chi connectivity index (χ4n) is 2.63. The number of piperidine rings is 1. The summed E-state index contributed by atoms with van der Waals surface area (Å²) in [6, 6.07) is 3.40. The predicted octanol–water partition coefficient (Wildman–Crippen LogP) is 0.686. The van der Waals surface area contributed by atoms with Crippen molar-refractivity contribution in [2.24, 2.45) is 5.73 Å². The largest absolute Gasteiger partial charge is 0.336 e. The molecule has 0 spiro atoms. The zero-order valence-electron chi connectivity index (χ0n) is 12.5. The second-order valence-corrected chi connectivity index (χ2v) is 7.34. The van der Waals surface area contributed by atoms with E-state index in [0.717, 1.165) is 12.1 Å². The zero-order valence-corrected chi connectivity index (χ0v) is 13.4. The van der Waals surface area contributed by atoms with Crippen LogP contribution in [0.3, 0.4) is 0 Å². The van der Waals surface area contributed by atoms with Crippen LogP contribution in [-0.2, 0) is 10.0 Å². The van der Waals surface area contributed by atoms with Crippen LogP contribution in [0.25, 0.3) is 0 Å². The molecule has 8 heteroatoms. The average Bonchev–Trinajstić information content (AvgIpc) is 2.47. The lowest BCUT2D eigenvalue weighted by atomic mass is 9.98. The molecule has 0 radical (unpaired) electrons. The molecule has 1 aromatic rings. The maximum atomic E-state index is 13.7. The van der Waals surface area contributed by atoms with Gasteiger partial charge in [0.2, 0.25) is 10.0 Å². The Bertz CT molecular complexity index is 678. The van der Waals surface area contributed by atoms with E-state index in [1.54, 1.807) is 4.90 Å². The first kappa shape index (κ1) is 16.9. The summed E-state index contributed by atoms with van der Waals surface area (Å²) in [5.74, 6) is -1.20. The van der Waals surface area contributed by atoms with E-state index in [0.29, 0.717) is 19.4 Å². The van der Waals surface area contributed by atoms with Crippen molar-refractivity contribution >= 4 is 15.9 Å². The lowest BCUT2D eigenvalue weighted by molar-refractivity contribution is 0.0618. The van der Waals surface area contributed by atoms with Gasteiger partial charge in [-0.15, -0.1) is 0 Å². The lowest BCUT2D eigenvalue weighted by Gasteiger charge is -2.36. The summed E-state index contributed by atoms with van der Waals surface area (Å²) in [5, 5.41) is 0. The second kappa shape index (κ2) is 6.31. The standard InChI is InChI=1S/C14H20FN3O3S/c1-9-7-11(16)5-6-18(9)14(19)10-3-4-12(15)13(8-10)22(20,21)17-2/h3-4,8-9,11,17H,5-7,16H2,1-2H3/t9-,11-/m1/s1. The number of nitrogens with one attached hydrogen (secondary N) is 1. The van der Waals surface area contributed by atoms with Crippen LogP contribution in [0.4, 0.5) is 4.39 Å². The molecule has 22 heavy (non-hydrogen) atoms. The molecule has 122 valence electrons. The highest BCUT2D eigenvalue weighted by atomic mass is 32.2. The molecule has 0 aromatic heterocycles. The third kappa shape index (κ3) is 3.29. The third-order valence-corrected chi connectivity index (χ3v) is 5.34. The molecule has 6 nitrogen and oxygen atoms in total. The first-order valence-electron chi connectivity index (χ1n) is 7.06. The van der Waals surface area contributed by atoms with E-state index in [9.17, 15) is 17.6 Å². The molecule has 0 unspecified atom stereocenters. The second-order valence-electron chi connectivity index (χ2n) is 5.48.